The fraction of sp³-hybridized carbons (Fsp3) is 0.143. The molecule has 0 saturated carbocycles. The number of nitrogens with one attached hydrogen (secondary N) is 1. The van der Waals surface area contributed by atoms with E-state index in [1.165, 1.54) is 0 Å². The minimum atomic E-state index is -0.231. The maximum Gasteiger partial charge on any atom is 0.251 e. The molecule has 3 nitrogen and oxygen atoms in total. The van der Waals surface area contributed by atoms with Gasteiger partial charge in [0.1, 0.15) is 5.15 Å². The smallest absolute Gasteiger partial charge is 0.251 e. The van der Waals surface area contributed by atoms with Gasteiger partial charge in [-0.3, -0.25) is 4.79 Å². The number of pyridine rings is 1. The van der Waals surface area contributed by atoms with Crippen LogP contribution in [-0.4, -0.2) is 10.9 Å². The highest BCUT2D eigenvalue weighted by atomic mass is 35.5. The second kappa shape index (κ2) is 7.49. The minimum Gasteiger partial charge on any atom is -0.344 e. The zero-order valence-corrected chi connectivity index (χ0v) is 14.9. The lowest BCUT2D eigenvalue weighted by Crippen LogP contribution is -2.27. The zero-order chi connectivity index (χ0) is 17.8. The van der Waals surface area contributed by atoms with Crippen molar-refractivity contribution in [1.29, 1.82) is 0 Å². The molecule has 1 heterocycles. The number of rotatable bonds is 4. The first kappa shape index (κ1) is 17.2. The van der Waals surface area contributed by atoms with Gasteiger partial charge in [0, 0.05) is 5.56 Å². The van der Waals surface area contributed by atoms with Gasteiger partial charge in [-0.15, -0.1) is 0 Å². The van der Waals surface area contributed by atoms with E-state index >= 15 is 0 Å². The van der Waals surface area contributed by atoms with Crippen molar-refractivity contribution in [1.82, 2.24) is 10.3 Å². The molecule has 1 amide bonds. The highest BCUT2D eigenvalue weighted by Crippen LogP contribution is 2.21. The molecule has 1 N–H and O–H groups in total. The third kappa shape index (κ3) is 4.06. The highest BCUT2D eigenvalue weighted by molar-refractivity contribution is 6.30. The van der Waals surface area contributed by atoms with Crippen LogP contribution in [-0.2, 0) is 0 Å². The first-order chi connectivity index (χ1) is 12.0. The van der Waals surface area contributed by atoms with Crippen LogP contribution in [0.4, 0.5) is 0 Å². The Balaban J connectivity index is 1.78. The molecule has 0 spiro atoms. The highest BCUT2D eigenvalue weighted by Gasteiger charge is 2.14. The lowest BCUT2D eigenvalue weighted by atomic mass is 10.0. The molecule has 126 valence electrons. The SMILES string of the molecule is Cc1ccc(C(C)NC(=O)c2cccc(-c3ccccc3)c2)nc1Cl. The van der Waals surface area contributed by atoms with Gasteiger partial charge in [-0.25, -0.2) is 4.98 Å². The molecular formula is C21H19ClN2O. The van der Waals surface area contributed by atoms with Crippen LogP contribution >= 0.6 is 11.6 Å². The van der Waals surface area contributed by atoms with Crippen molar-refractivity contribution in [3.05, 3.63) is 88.7 Å². The van der Waals surface area contributed by atoms with Gasteiger partial charge in [-0.1, -0.05) is 60.1 Å². The topological polar surface area (TPSA) is 42.0 Å². The van der Waals surface area contributed by atoms with Gasteiger partial charge in [0.15, 0.2) is 0 Å². The van der Waals surface area contributed by atoms with E-state index in [-0.39, 0.29) is 11.9 Å². The quantitative estimate of drug-likeness (QED) is 0.657. The number of nitrogens with zero attached hydrogens (tertiary/aromatic N) is 1. The molecule has 3 rings (SSSR count). The Bertz CT molecular complexity index is 893. The van der Waals surface area contributed by atoms with E-state index in [1.807, 2.05) is 80.6 Å². The average Bonchev–Trinajstić information content (AvgIpc) is 2.64. The summed E-state index contributed by atoms with van der Waals surface area (Å²) < 4.78 is 0. The van der Waals surface area contributed by atoms with Crippen molar-refractivity contribution in [2.24, 2.45) is 0 Å². The molecule has 0 fully saturated rings. The Hall–Kier alpha value is -2.65. The molecule has 4 heteroatoms. The van der Waals surface area contributed by atoms with Gasteiger partial charge in [-0.2, -0.15) is 0 Å². The van der Waals surface area contributed by atoms with Crippen LogP contribution in [0.2, 0.25) is 5.15 Å². The molecule has 3 aromatic rings. The van der Waals surface area contributed by atoms with Crippen LogP contribution < -0.4 is 5.32 Å². The molecule has 1 unspecified atom stereocenters. The lowest BCUT2D eigenvalue weighted by molar-refractivity contribution is 0.0939. The number of hydrogen-bond donors (Lipinski definition) is 1. The van der Waals surface area contributed by atoms with Crippen LogP contribution in [0.25, 0.3) is 11.1 Å². The van der Waals surface area contributed by atoms with Crippen molar-refractivity contribution in [3.63, 3.8) is 0 Å². The van der Waals surface area contributed by atoms with E-state index in [4.69, 9.17) is 11.6 Å². The van der Waals surface area contributed by atoms with Gasteiger partial charge in [0.05, 0.1) is 11.7 Å². The Morgan fingerprint density at radius 3 is 2.44 bits per heavy atom. The summed E-state index contributed by atoms with van der Waals surface area (Å²) in [7, 11) is 0. The predicted octanol–water partition coefficient (Wildman–Crippen LogP) is 5.20. The lowest BCUT2D eigenvalue weighted by Gasteiger charge is -2.15. The summed E-state index contributed by atoms with van der Waals surface area (Å²) in [6, 6.07) is 21.1. The van der Waals surface area contributed by atoms with Crippen molar-refractivity contribution in [2.45, 2.75) is 19.9 Å². The van der Waals surface area contributed by atoms with Crippen LogP contribution in [0.3, 0.4) is 0 Å². The predicted molar refractivity (Wildman–Crippen MR) is 102 cm³/mol. The fourth-order valence-corrected chi connectivity index (χ4v) is 2.74. The molecule has 0 saturated heterocycles. The molecule has 0 bridgehead atoms. The number of halogens is 1. The maximum absolute atomic E-state index is 12.6. The number of carbonyl (C=O) groups is 1. The fourth-order valence-electron chi connectivity index (χ4n) is 2.58. The summed E-state index contributed by atoms with van der Waals surface area (Å²) in [6.45, 7) is 3.80. The summed E-state index contributed by atoms with van der Waals surface area (Å²) in [5.74, 6) is -0.135. The zero-order valence-electron chi connectivity index (χ0n) is 14.2. The normalized spacial score (nSPS) is 11.8. The number of amides is 1. The molecule has 0 aliphatic rings. The van der Waals surface area contributed by atoms with E-state index in [0.29, 0.717) is 10.7 Å². The molecule has 2 aromatic carbocycles. The number of carbonyl (C=O) groups excluding carboxylic acids is 1. The summed E-state index contributed by atoms with van der Waals surface area (Å²) in [5.41, 5.74) is 4.36. The van der Waals surface area contributed by atoms with Gasteiger partial charge in [-0.05, 0) is 48.7 Å². The first-order valence-electron chi connectivity index (χ1n) is 8.14. The minimum absolute atomic E-state index is 0.135. The van der Waals surface area contributed by atoms with Crippen molar-refractivity contribution in [3.8, 4) is 11.1 Å². The van der Waals surface area contributed by atoms with E-state index < -0.39 is 0 Å². The third-order valence-corrected chi connectivity index (χ3v) is 4.46. The van der Waals surface area contributed by atoms with Crippen LogP contribution in [0, 0.1) is 6.92 Å². The molecule has 25 heavy (non-hydrogen) atoms. The van der Waals surface area contributed by atoms with E-state index in [0.717, 1.165) is 22.4 Å². The molecule has 1 aromatic heterocycles. The summed E-state index contributed by atoms with van der Waals surface area (Å²) >= 11 is 6.08. The van der Waals surface area contributed by atoms with E-state index in [9.17, 15) is 4.79 Å². The standard InChI is InChI=1S/C21H19ClN2O/c1-14-11-12-19(24-20(14)22)15(2)23-21(25)18-10-6-9-17(13-18)16-7-4-3-5-8-16/h3-13,15H,1-2H3,(H,23,25). The molecule has 0 aliphatic heterocycles. The third-order valence-electron chi connectivity index (χ3n) is 4.08. The molecule has 0 radical (unpaired) electrons. The Morgan fingerprint density at radius 1 is 1.00 bits per heavy atom. The van der Waals surface area contributed by atoms with E-state index in [2.05, 4.69) is 10.3 Å². The van der Waals surface area contributed by atoms with E-state index in [1.54, 1.807) is 0 Å². The van der Waals surface area contributed by atoms with Crippen LogP contribution in [0.15, 0.2) is 66.7 Å². The summed E-state index contributed by atoms with van der Waals surface area (Å²) in [4.78, 5) is 16.9. The van der Waals surface area contributed by atoms with Gasteiger partial charge in [0.25, 0.3) is 5.91 Å². The van der Waals surface area contributed by atoms with Crippen molar-refractivity contribution >= 4 is 17.5 Å². The Morgan fingerprint density at radius 2 is 1.72 bits per heavy atom. The second-order valence-corrected chi connectivity index (χ2v) is 6.34. The van der Waals surface area contributed by atoms with Gasteiger partial charge >= 0.3 is 0 Å². The van der Waals surface area contributed by atoms with Crippen molar-refractivity contribution < 1.29 is 4.79 Å². The van der Waals surface area contributed by atoms with Gasteiger partial charge in [0.2, 0.25) is 0 Å². The monoisotopic (exact) mass is 350 g/mol. The summed E-state index contributed by atoms with van der Waals surface area (Å²) in [6.07, 6.45) is 0. The molecular weight excluding hydrogens is 332 g/mol. The Kier molecular flexibility index (Phi) is 5.15. The number of hydrogen-bond acceptors (Lipinski definition) is 2. The molecule has 0 aliphatic carbocycles. The Labute approximate surface area is 152 Å². The van der Waals surface area contributed by atoms with Crippen LogP contribution in [0.1, 0.15) is 34.6 Å². The number of aryl methyl sites for hydroxylation is 1. The number of benzene rings is 2. The largest absolute Gasteiger partial charge is 0.344 e. The maximum atomic E-state index is 12.6. The molecule has 1 atom stereocenters. The summed E-state index contributed by atoms with van der Waals surface area (Å²) in [5, 5.41) is 3.44. The van der Waals surface area contributed by atoms with Crippen LogP contribution in [0.5, 0.6) is 0 Å². The van der Waals surface area contributed by atoms with Crippen molar-refractivity contribution in [2.75, 3.05) is 0 Å². The number of aromatic nitrogens is 1. The van der Waals surface area contributed by atoms with Gasteiger partial charge < -0.3 is 5.32 Å². The second-order valence-electron chi connectivity index (χ2n) is 5.99. The average molecular weight is 351 g/mol. The first-order valence-corrected chi connectivity index (χ1v) is 8.52.